The predicted molar refractivity (Wildman–Crippen MR) is 126 cm³/mol. The fourth-order valence-electron chi connectivity index (χ4n) is 7.74. The highest BCUT2D eigenvalue weighted by Gasteiger charge is 2.61. The summed E-state index contributed by atoms with van der Waals surface area (Å²) in [4.78, 5) is 13.4. The van der Waals surface area contributed by atoms with Crippen LogP contribution in [0.25, 0.3) is 0 Å². The van der Waals surface area contributed by atoms with Gasteiger partial charge in [0.25, 0.3) is 0 Å². The monoisotopic (exact) mass is 426 g/mol. The number of ether oxygens (including phenoxy) is 2. The molecule has 0 radical (unpaired) electrons. The minimum absolute atomic E-state index is 0.0340. The largest absolute Gasteiger partial charge is 0.347 e. The van der Waals surface area contributed by atoms with Crippen LogP contribution in [0, 0.1) is 28.1 Å². The van der Waals surface area contributed by atoms with E-state index in [0.29, 0.717) is 24.0 Å². The second-order valence-electron chi connectivity index (χ2n) is 11.1. The third-order valence-electron chi connectivity index (χ3n) is 9.92. The van der Waals surface area contributed by atoms with Gasteiger partial charge in [0, 0.05) is 18.3 Å². The molecule has 0 aromatic rings. The van der Waals surface area contributed by atoms with E-state index in [1.54, 1.807) is 0 Å². The molecule has 4 rings (SSSR count). The molecule has 1 saturated heterocycles. The number of ketones is 1. The fourth-order valence-corrected chi connectivity index (χ4v) is 7.74. The summed E-state index contributed by atoms with van der Waals surface area (Å²) in [5, 5.41) is 0. The fraction of sp³-hybridized carbons (Fsp3) is 0.750. The summed E-state index contributed by atoms with van der Waals surface area (Å²) in [6, 6.07) is 0. The van der Waals surface area contributed by atoms with Crippen molar-refractivity contribution in [2.45, 2.75) is 90.8 Å². The molecule has 2 unspecified atom stereocenters. The topological polar surface area (TPSA) is 35.5 Å². The first-order valence-electron chi connectivity index (χ1n) is 12.5. The number of hydrogen-bond donors (Lipinski definition) is 0. The molecule has 1 spiro atoms. The quantitative estimate of drug-likeness (QED) is 0.464. The van der Waals surface area contributed by atoms with Crippen LogP contribution < -0.4 is 0 Å². The van der Waals surface area contributed by atoms with Crippen LogP contribution in [0.4, 0.5) is 0 Å². The summed E-state index contributed by atoms with van der Waals surface area (Å²) in [6.07, 6.45) is 16.1. The number of carbonyl (C=O) groups excluding carboxylic acids is 1. The Morgan fingerprint density at radius 2 is 1.71 bits per heavy atom. The SMILES string of the molecule is C=CCC1(CC=C)C(=O)CCC2(C)/C1=C\CC[C@@H]1CCC3(OCCO3)C1(C)CC[C@H]2C. The van der Waals surface area contributed by atoms with Gasteiger partial charge < -0.3 is 9.47 Å². The van der Waals surface area contributed by atoms with E-state index in [1.807, 2.05) is 12.2 Å². The standard InChI is InChI=1S/C28H42O3/c1-6-14-27(15-7-2)23-10-8-9-22-12-18-28(30-19-20-31-28)26(22,5)17-11-21(3)25(23,4)16-13-24(27)29/h6-7,10,21-22H,1-2,8-9,11-20H2,3-5H3/b23-10+/t21-,22-,25?,26?/m1/s1. The van der Waals surface area contributed by atoms with Crippen molar-refractivity contribution in [3.8, 4) is 0 Å². The maximum Gasteiger partial charge on any atom is 0.174 e. The maximum atomic E-state index is 13.4. The molecule has 2 saturated carbocycles. The van der Waals surface area contributed by atoms with Gasteiger partial charge in [-0.15, -0.1) is 13.2 Å². The Hall–Kier alpha value is -1.19. The van der Waals surface area contributed by atoms with Gasteiger partial charge in [0.2, 0.25) is 0 Å². The van der Waals surface area contributed by atoms with Crippen molar-refractivity contribution in [1.29, 1.82) is 0 Å². The molecule has 31 heavy (non-hydrogen) atoms. The van der Waals surface area contributed by atoms with Crippen molar-refractivity contribution in [3.63, 3.8) is 0 Å². The number of fused-ring (bicyclic) bond motifs is 3. The van der Waals surface area contributed by atoms with Crippen LogP contribution >= 0.6 is 0 Å². The van der Waals surface area contributed by atoms with E-state index < -0.39 is 5.41 Å². The molecule has 172 valence electrons. The van der Waals surface area contributed by atoms with Crippen LogP contribution in [-0.4, -0.2) is 24.8 Å². The Kier molecular flexibility index (Phi) is 6.15. The van der Waals surface area contributed by atoms with Crippen LogP contribution in [0.2, 0.25) is 0 Å². The molecular formula is C28H42O3. The first kappa shape index (κ1) is 23.0. The summed E-state index contributed by atoms with van der Waals surface area (Å²) in [5.41, 5.74) is 1.05. The first-order valence-corrected chi connectivity index (χ1v) is 12.5. The number of Topliss-reactive ketones (excluding diaryl/α,β-unsaturated/α-hetero) is 1. The van der Waals surface area contributed by atoms with Crippen molar-refractivity contribution >= 4 is 5.78 Å². The zero-order valence-electron chi connectivity index (χ0n) is 20.0. The molecule has 0 aromatic carbocycles. The molecule has 0 bridgehead atoms. The summed E-state index contributed by atoms with van der Waals surface area (Å²) >= 11 is 0. The lowest BCUT2D eigenvalue weighted by Gasteiger charge is -2.52. The lowest BCUT2D eigenvalue weighted by atomic mass is 9.51. The average molecular weight is 427 g/mol. The maximum absolute atomic E-state index is 13.4. The normalized spacial score (nSPS) is 41.1. The third kappa shape index (κ3) is 3.33. The molecule has 1 aliphatic heterocycles. The average Bonchev–Trinajstić information content (AvgIpc) is 3.33. The Morgan fingerprint density at radius 3 is 2.35 bits per heavy atom. The summed E-state index contributed by atoms with van der Waals surface area (Å²) < 4.78 is 12.6. The highest BCUT2D eigenvalue weighted by molar-refractivity contribution is 5.90. The Bertz CT molecular complexity index is 748. The Morgan fingerprint density at radius 1 is 1.03 bits per heavy atom. The van der Waals surface area contributed by atoms with Crippen LogP contribution in [0.5, 0.6) is 0 Å². The van der Waals surface area contributed by atoms with Gasteiger partial charge in [-0.25, -0.2) is 0 Å². The van der Waals surface area contributed by atoms with Gasteiger partial charge in [-0.1, -0.05) is 44.6 Å². The zero-order valence-corrected chi connectivity index (χ0v) is 20.0. The van der Waals surface area contributed by atoms with E-state index in [-0.39, 0.29) is 16.6 Å². The van der Waals surface area contributed by atoms with Gasteiger partial charge in [-0.2, -0.15) is 0 Å². The van der Waals surface area contributed by atoms with Crippen LogP contribution in [0.3, 0.4) is 0 Å². The van der Waals surface area contributed by atoms with Crippen LogP contribution in [0.15, 0.2) is 37.0 Å². The van der Waals surface area contributed by atoms with Gasteiger partial charge in [0.15, 0.2) is 5.79 Å². The number of allylic oxidation sites excluding steroid dienone is 4. The second kappa shape index (κ2) is 8.30. The number of rotatable bonds is 4. The third-order valence-corrected chi connectivity index (χ3v) is 9.92. The second-order valence-corrected chi connectivity index (χ2v) is 11.1. The lowest BCUT2D eigenvalue weighted by Crippen LogP contribution is -2.49. The minimum Gasteiger partial charge on any atom is -0.347 e. The molecule has 0 aromatic heterocycles. The molecule has 3 aliphatic carbocycles. The number of carbonyl (C=O) groups is 1. The number of hydrogen-bond acceptors (Lipinski definition) is 3. The highest BCUT2D eigenvalue weighted by atomic mass is 16.7. The van der Waals surface area contributed by atoms with Gasteiger partial charge in [-0.3, -0.25) is 4.79 Å². The molecule has 0 amide bonds. The van der Waals surface area contributed by atoms with E-state index in [4.69, 9.17) is 9.47 Å². The zero-order chi connectivity index (χ0) is 22.3. The van der Waals surface area contributed by atoms with Crippen molar-refractivity contribution in [2.24, 2.45) is 28.1 Å². The summed E-state index contributed by atoms with van der Waals surface area (Å²) in [7, 11) is 0. The molecule has 4 aliphatic rings. The van der Waals surface area contributed by atoms with Crippen LogP contribution in [-0.2, 0) is 14.3 Å². The molecule has 3 heteroatoms. The lowest BCUT2D eigenvalue weighted by molar-refractivity contribution is -0.228. The van der Waals surface area contributed by atoms with E-state index >= 15 is 0 Å². The van der Waals surface area contributed by atoms with Crippen molar-refractivity contribution in [2.75, 3.05) is 13.2 Å². The molecule has 3 fully saturated rings. The van der Waals surface area contributed by atoms with E-state index in [2.05, 4.69) is 40.0 Å². The highest BCUT2D eigenvalue weighted by Crippen LogP contribution is 2.62. The molecule has 0 N–H and O–H groups in total. The smallest absolute Gasteiger partial charge is 0.174 e. The van der Waals surface area contributed by atoms with Crippen molar-refractivity contribution < 1.29 is 14.3 Å². The van der Waals surface area contributed by atoms with E-state index in [1.165, 1.54) is 12.0 Å². The first-order chi connectivity index (χ1) is 14.8. The molecular weight excluding hydrogens is 384 g/mol. The molecule has 3 nitrogen and oxygen atoms in total. The van der Waals surface area contributed by atoms with Gasteiger partial charge in [-0.05, 0) is 68.6 Å². The predicted octanol–water partition coefficient (Wildman–Crippen LogP) is 6.79. The Balaban J connectivity index is 1.74. The van der Waals surface area contributed by atoms with Crippen LogP contribution in [0.1, 0.15) is 85.0 Å². The minimum atomic E-state index is -0.443. The van der Waals surface area contributed by atoms with Gasteiger partial charge in [0.1, 0.15) is 5.78 Å². The summed E-state index contributed by atoms with van der Waals surface area (Å²) in [5.74, 6) is 1.11. The van der Waals surface area contributed by atoms with E-state index in [0.717, 1.165) is 64.6 Å². The van der Waals surface area contributed by atoms with Crippen molar-refractivity contribution in [1.82, 2.24) is 0 Å². The summed E-state index contributed by atoms with van der Waals surface area (Å²) in [6.45, 7) is 16.8. The molecule has 4 atom stereocenters. The van der Waals surface area contributed by atoms with E-state index in [9.17, 15) is 4.79 Å². The van der Waals surface area contributed by atoms with Gasteiger partial charge in [0.05, 0.1) is 18.6 Å². The van der Waals surface area contributed by atoms with Gasteiger partial charge >= 0.3 is 0 Å². The van der Waals surface area contributed by atoms with Crippen molar-refractivity contribution in [3.05, 3.63) is 37.0 Å². The Labute approximate surface area is 189 Å². The molecule has 1 heterocycles.